The van der Waals surface area contributed by atoms with Crippen LogP contribution in [0.25, 0.3) is 0 Å². The van der Waals surface area contributed by atoms with Crippen molar-refractivity contribution >= 4 is 27.7 Å². The fraction of sp³-hybridized carbons (Fsp3) is 0.409. The summed E-state index contributed by atoms with van der Waals surface area (Å²) in [6, 6.07) is 8.84. The number of thioether (sulfide) groups is 1. The molecule has 5 nitrogen and oxygen atoms in total. The van der Waals surface area contributed by atoms with Gasteiger partial charge in [-0.2, -0.15) is 13.2 Å². The summed E-state index contributed by atoms with van der Waals surface area (Å²) in [6.45, 7) is 0.973. The van der Waals surface area contributed by atoms with Gasteiger partial charge in [-0.15, -0.1) is 11.8 Å². The fourth-order valence-corrected chi connectivity index (χ4v) is 5.20. The van der Waals surface area contributed by atoms with Gasteiger partial charge in [-0.3, -0.25) is 4.79 Å². The van der Waals surface area contributed by atoms with Crippen molar-refractivity contribution in [3.63, 3.8) is 0 Å². The van der Waals surface area contributed by atoms with Crippen molar-refractivity contribution in [2.45, 2.75) is 48.2 Å². The van der Waals surface area contributed by atoms with Gasteiger partial charge in [0.25, 0.3) is 5.91 Å². The van der Waals surface area contributed by atoms with Crippen LogP contribution in [0, 0.1) is 0 Å². The second-order valence-electron chi connectivity index (χ2n) is 7.59. The van der Waals surface area contributed by atoms with E-state index in [-0.39, 0.29) is 22.9 Å². The van der Waals surface area contributed by atoms with Gasteiger partial charge in [-0.1, -0.05) is 31.0 Å². The van der Waals surface area contributed by atoms with E-state index in [0.29, 0.717) is 23.5 Å². The number of likely N-dealkylation sites (tertiary alicyclic amines) is 1. The van der Waals surface area contributed by atoms with E-state index >= 15 is 0 Å². The van der Waals surface area contributed by atoms with E-state index in [1.54, 1.807) is 11.0 Å². The number of hydrogen-bond donors (Lipinski definition) is 1. The summed E-state index contributed by atoms with van der Waals surface area (Å²) in [5.41, 5.74) is -0.338. The van der Waals surface area contributed by atoms with Crippen LogP contribution in [0.4, 0.5) is 13.2 Å². The average molecular weight is 487 g/mol. The molecule has 174 valence electrons. The van der Waals surface area contributed by atoms with Crippen LogP contribution in [0.3, 0.4) is 0 Å². The quantitative estimate of drug-likeness (QED) is 0.589. The zero-order valence-corrected chi connectivity index (χ0v) is 19.2. The number of sulfonamides is 1. The second kappa shape index (κ2) is 10.3. The minimum Gasteiger partial charge on any atom is -0.339 e. The van der Waals surface area contributed by atoms with E-state index in [4.69, 9.17) is 0 Å². The molecular weight excluding hydrogens is 461 g/mol. The Morgan fingerprint density at radius 3 is 2.38 bits per heavy atom. The number of amides is 1. The molecule has 2 aromatic carbocycles. The average Bonchev–Trinajstić information content (AvgIpc) is 3.06. The van der Waals surface area contributed by atoms with Gasteiger partial charge in [0, 0.05) is 24.5 Å². The molecule has 0 atom stereocenters. The molecule has 0 saturated carbocycles. The Bertz CT molecular complexity index is 1060. The Labute approximate surface area is 190 Å². The maximum absolute atomic E-state index is 13.1. The number of rotatable bonds is 6. The largest absolute Gasteiger partial charge is 0.416 e. The third-order valence-corrected chi connectivity index (χ3v) is 7.52. The lowest BCUT2D eigenvalue weighted by molar-refractivity contribution is -0.137. The maximum Gasteiger partial charge on any atom is 0.416 e. The molecule has 0 aromatic heterocycles. The highest BCUT2D eigenvalue weighted by atomic mass is 32.2. The molecule has 1 fully saturated rings. The van der Waals surface area contributed by atoms with Crippen LogP contribution in [0.15, 0.2) is 52.3 Å². The van der Waals surface area contributed by atoms with Crippen molar-refractivity contribution in [1.82, 2.24) is 9.62 Å². The molecule has 1 amide bonds. The summed E-state index contributed by atoms with van der Waals surface area (Å²) in [5.74, 6) is -0.203. The first kappa shape index (κ1) is 24.6. The second-order valence-corrected chi connectivity index (χ2v) is 10.2. The highest BCUT2D eigenvalue weighted by Gasteiger charge is 2.30. The number of alkyl halides is 3. The molecule has 0 aliphatic carbocycles. The first-order chi connectivity index (χ1) is 15.1. The summed E-state index contributed by atoms with van der Waals surface area (Å²) >= 11 is 1.36. The van der Waals surface area contributed by atoms with Crippen molar-refractivity contribution in [3.05, 3.63) is 59.2 Å². The van der Waals surface area contributed by atoms with E-state index in [1.807, 2.05) is 6.26 Å². The normalized spacial score (nSPS) is 15.4. The molecule has 1 aliphatic heterocycles. The van der Waals surface area contributed by atoms with Gasteiger partial charge in [0.15, 0.2) is 0 Å². The molecule has 1 aliphatic rings. The number of carbonyl (C=O) groups is 1. The minimum absolute atomic E-state index is 0.0968. The number of benzene rings is 2. The summed E-state index contributed by atoms with van der Waals surface area (Å²) in [7, 11) is -4.04. The van der Waals surface area contributed by atoms with E-state index in [2.05, 4.69) is 4.72 Å². The zero-order chi connectivity index (χ0) is 23.4. The summed E-state index contributed by atoms with van der Waals surface area (Å²) in [5, 5.41) is 0. The number of halogens is 3. The standard InChI is InChI=1S/C22H25F3N2O3S2/c1-31-20-10-9-18(14-19(20)21(28)27-11-4-2-3-5-12-27)32(29,30)26-15-16-7-6-8-17(13-16)22(23,24)25/h6-10,13-14,26H,2-5,11-12,15H2,1H3. The van der Waals surface area contributed by atoms with Gasteiger partial charge in [0.1, 0.15) is 0 Å². The van der Waals surface area contributed by atoms with E-state index in [1.165, 1.54) is 36.0 Å². The number of hydrogen-bond acceptors (Lipinski definition) is 4. The molecule has 0 bridgehead atoms. The Kier molecular flexibility index (Phi) is 7.89. The minimum atomic E-state index is -4.51. The molecule has 10 heteroatoms. The highest BCUT2D eigenvalue weighted by molar-refractivity contribution is 7.98. The Morgan fingerprint density at radius 2 is 1.75 bits per heavy atom. The lowest BCUT2D eigenvalue weighted by atomic mass is 10.1. The maximum atomic E-state index is 13.1. The summed E-state index contributed by atoms with van der Waals surface area (Å²) < 4.78 is 66.7. The first-order valence-electron chi connectivity index (χ1n) is 10.2. The number of carbonyl (C=O) groups excluding carboxylic acids is 1. The summed E-state index contributed by atoms with van der Waals surface area (Å²) in [4.78, 5) is 15.5. The molecule has 32 heavy (non-hydrogen) atoms. The summed E-state index contributed by atoms with van der Waals surface area (Å²) in [6.07, 6.45) is 1.26. The monoisotopic (exact) mass is 486 g/mol. The van der Waals surface area contributed by atoms with Crippen molar-refractivity contribution in [2.75, 3.05) is 19.3 Å². The van der Waals surface area contributed by atoms with Crippen molar-refractivity contribution in [1.29, 1.82) is 0 Å². The van der Waals surface area contributed by atoms with Crippen molar-refractivity contribution in [2.24, 2.45) is 0 Å². The highest BCUT2D eigenvalue weighted by Crippen LogP contribution is 2.30. The van der Waals surface area contributed by atoms with Crippen LogP contribution >= 0.6 is 11.8 Å². The number of nitrogens with one attached hydrogen (secondary N) is 1. The Hall–Kier alpha value is -2.04. The van der Waals surface area contributed by atoms with Crippen LogP contribution in [-0.2, 0) is 22.7 Å². The van der Waals surface area contributed by atoms with Crippen LogP contribution in [0.1, 0.15) is 47.2 Å². The first-order valence-corrected chi connectivity index (χ1v) is 13.0. The molecule has 2 aromatic rings. The molecule has 0 radical (unpaired) electrons. The van der Waals surface area contributed by atoms with Crippen LogP contribution in [0.5, 0.6) is 0 Å². The molecule has 1 N–H and O–H groups in total. The number of nitrogens with zero attached hydrogens (tertiary/aromatic N) is 1. The molecule has 1 saturated heterocycles. The van der Waals surface area contributed by atoms with Crippen molar-refractivity contribution < 1.29 is 26.4 Å². The molecule has 0 spiro atoms. The van der Waals surface area contributed by atoms with Crippen LogP contribution in [-0.4, -0.2) is 38.6 Å². The molecule has 0 unspecified atom stereocenters. The van der Waals surface area contributed by atoms with Crippen LogP contribution < -0.4 is 4.72 Å². The lowest BCUT2D eigenvalue weighted by Gasteiger charge is -2.22. The van der Waals surface area contributed by atoms with Gasteiger partial charge < -0.3 is 4.90 Å². The Balaban J connectivity index is 1.82. The molecular formula is C22H25F3N2O3S2. The Morgan fingerprint density at radius 1 is 1.06 bits per heavy atom. The SMILES string of the molecule is CSc1ccc(S(=O)(=O)NCc2cccc(C(F)(F)F)c2)cc1C(=O)N1CCCCCC1. The molecule has 3 rings (SSSR count). The van der Waals surface area contributed by atoms with E-state index in [9.17, 15) is 26.4 Å². The third kappa shape index (κ3) is 6.05. The van der Waals surface area contributed by atoms with Crippen LogP contribution in [0.2, 0.25) is 0 Å². The van der Waals surface area contributed by atoms with Gasteiger partial charge in [0.2, 0.25) is 10.0 Å². The van der Waals surface area contributed by atoms with E-state index in [0.717, 1.165) is 37.8 Å². The topological polar surface area (TPSA) is 66.5 Å². The fourth-order valence-electron chi connectivity index (χ4n) is 3.58. The third-order valence-electron chi connectivity index (χ3n) is 5.33. The van der Waals surface area contributed by atoms with Crippen molar-refractivity contribution in [3.8, 4) is 0 Å². The van der Waals surface area contributed by atoms with Gasteiger partial charge >= 0.3 is 6.18 Å². The lowest BCUT2D eigenvalue weighted by Crippen LogP contribution is -2.32. The van der Waals surface area contributed by atoms with E-state index < -0.39 is 21.8 Å². The predicted octanol–water partition coefficient (Wildman–Crippen LogP) is 4.92. The smallest absolute Gasteiger partial charge is 0.339 e. The van der Waals surface area contributed by atoms with Gasteiger partial charge in [-0.05, 0) is 48.9 Å². The zero-order valence-electron chi connectivity index (χ0n) is 17.6. The van der Waals surface area contributed by atoms with Gasteiger partial charge in [-0.25, -0.2) is 13.1 Å². The molecule has 1 heterocycles. The predicted molar refractivity (Wildman–Crippen MR) is 118 cm³/mol. The van der Waals surface area contributed by atoms with Gasteiger partial charge in [0.05, 0.1) is 16.0 Å².